The first-order valence-electron chi connectivity index (χ1n) is 8.19. The molecule has 1 aliphatic heterocycles. The third-order valence-electron chi connectivity index (χ3n) is 4.76. The van der Waals surface area contributed by atoms with Gasteiger partial charge in [0.05, 0.1) is 5.69 Å². The number of hydrogen-bond donors (Lipinski definition) is 2. The lowest BCUT2D eigenvalue weighted by Crippen LogP contribution is -2.41. The Labute approximate surface area is 135 Å². The van der Waals surface area contributed by atoms with E-state index in [1.54, 1.807) is 0 Å². The highest BCUT2D eigenvalue weighted by Crippen LogP contribution is 2.46. The van der Waals surface area contributed by atoms with E-state index in [4.69, 9.17) is 10.5 Å². The predicted molar refractivity (Wildman–Crippen MR) is 88.8 cm³/mol. The lowest BCUT2D eigenvalue weighted by molar-refractivity contribution is -0.113. The van der Waals surface area contributed by atoms with Crippen molar-refractivity contribution in [3.63, 3.8) is 0 Å². The molecule has 5 nitrogen and oxygen atoms in total. The molecule has 5 heteroatoms. The van der Waals surface area contributed by atoms with Gasteiger partial charge in [0.25, 0.3) is 0 Å². The number of ether oxygens (including phenoxy) is 1. The lowest BCUT2D eigenvalue weighted by atomic mass is 9.77. The van der Waals surface area contributed by atoms with Gasteiger partial charge >= 0.3 is 6.09 Å². The van der Waals surface area contributed by atoms with Gasteiger partial charge in [0.15, 0.2) is 0 Å². The molecule has 122 valence electrons. The van der Waals surface area contributed by atoms with E-state index in [-0.39, 0.29) is 6.09 Å². The molecule has 1 spiro atoms. The Hall–Kier alpha value is -2.30. The van der Waals surface area contributed by atoms with Gasteiger partial charge in [0.1, 0.15) is 5.60 Å². The van der Waals surface area contributed by atoms with E-state index in [2.05, 4.69) is 5.32 Å². The second-order valence-corrected chi connectivity index (χ2v) is 6.26. The number of fused-ring (bicyclic) bond motifs is 2. The zero-order valence-corrected chi connectivity index (χ0v) is 13.4. The number of allylic oxidation sites excluding steroid dienone is 1. The number of carbonyl (C=O) groups excluding carboxylic acids is 2. The van der Waals surface area contributed by atoms with Crippen molar-refractivity contribution in [1.82, 2.24) is 0 Å². The number of nitrogens with two attached hydrogens (primary N) is 1. The smallest absolute Gasteiger partial charge is 0.412 e. The second-order valence-electron chi connectivity index (χ2n) is 6.26. The van der Waals surface area contributed by atoms with Crippen molar-refractivity contribution >= 4 is 23.3 Å². The summed E-state index contributed by atoms with van der Waals surface area (Å²) in [7, 11) is 0. The monoisotopic (exact) mass is 314 g/mol. The molecule has 1 aromatic carbocycles. The van der Waals surface area contributed by atoms with Crippen LogP contribution in [0, 0.1) is 0 Å². The quantitative estimate of drug-likeness (QED) is 0.835. The van der Waals surface area contributed by atoms with Crippen LogP contribution in [0.1, 0.15) is 56.6 Å². The number of rotatable bonds is 3. The molecule has 23 heavy (non-hydrogen) atoms. The number of primary amides is 1. The molecule has 1 fully saturated rings. The normalized spacial score (nSPS) is 19.7. The Kier molecular flexibility index (Phi) is 4.11. The first-order chi connectivity index (χ1) is 11.0. The average molecular weight is 314 g/mol. The van der Waals surface area contributed by atoms with Crippen LogP contribution in [0.2, 0.25) is 0 Å². The summed E-state index contributed by atoms with van der Waals surface area (Å²) < 4.78 is 5.73. The summed E-state index contributed by atoms with van der Waals surface area (Å²) in [6.45, 7) is 1.99. The molecule has 1 saturated carbocycles. The first kappa shape index (κ1) is 15.6. The molecule has 0 unspecified atom stereocenters. The number of hydrogen-bond acceptors (Lipinski definition) is 3. The molecule has 2 amide bonds. The molecule has 0 aromatic heterocycles. The molecular weight excluding hydrogens is 292 g/mol. The lowest BCUT2D eigenvalue weighted by Gasteiger charge is -2.41. The van der Waals surface area contributed by atoms with E-state index >= 15 is 0 Å². The first-order valence-corrected chi connectivity index (χ1v) is 8.19. The van der Waals surface area contributed by atoms with Crippen LogP contribution in [-0.4, -0.2) is 12.0 Å². The van der Waals surface area contributed by atoms with Gasteiger partial charge in [0.2, 0.25) is 5.91 Å². The van der Waals surface area contributed by atoms with Gasteiger partial charge in [-0.3, -0.25) is 10.1 Å². The minimum Gasteiger partial charge on any atom is -0.438 e. The van der Waals surface area contributed by atoms with Gasteiger partial charge in [0, 0.05) is 11.6 Å². The fourth-order valence-electron chi connectivity index (χ4n) is 3.65. The summed E-state index contributed by atoms with van der Waals surface area (Å²) in [4.78, 5) is 23.1. The fraction of sp³-hybridized carbons (Fsp3) is 0.444. The molecule has 0 saturated heterocycles. The third-order valence-corrected chi connectivity index (χ3v) is 4.76. The van der Waals surface area contributed by atoms with Gasteiger partial charge in [-0.05, 0) is 55.4 Å². The largest absolute Gasteiger partial charge is 0.438 e. The van der Waals surface area contributed by atoms with Crippen LogP contribution in [0.5, 0.6) is 0 Å². The van der Waals surface area contributed by atoms with E-state index in [0.29, 0.717) is 6.42 Å². The number of benzene rings is 1. The van der Waals surface area contributed by atoms with Gasteiger partial charge in [-0.25, -0.2) is 4.79 Å². The second kappa shape index (κ2) is 6.07. The molecule has 0 bridgehead atoms. The van der Waals surface area contributed by atoms with Gasteiger partial charge < -0.3 is 10.5 Å². The Morgan fingerprint density at radius 3 is 2.74 bits per heavy atom. The highest BCUT2D eigenvalue weighted by molar-refractivity contribution is 5.95. The molecule has 1 aromatic rings. The Morgan fingerprint density at radius 1 is 1.35 bits per heavy atom. The van der Waals surface area contributed by atoms with Crippen LogP contribution in [0.4, 0.5) is 10.5 Å². The van der Waals surface area contributed by atoms with Crippen LogP contribution < -0.4 is 11.1 Å². The standard InChI is InChI=1S/C18H22N2O3/c1-2-12(11-16(19)21)13-6-7-15-14(10-13)18(23-17(22)20-15)8-4-3-5-9-18/h6-7,10-11H,2-5,8-9H2,1H3,(H2,19,21)(H,20,22)/b12-11-. The van der Waals surface area contributed by atoms with Crippen molar-refractivity contribution in [3.8, 4) is 0 Å². The third kappa shape index (κ3) is 2.96. The minimum atomic E-state index is -0.530. The predicted octanol–water partition coefficient (Wildman–Crippen LogP) is 3.69. The van der Waals surface area contributed by atoms with Crippen molar-refractivity contribution in [3.05, 3.63) is 35.4 Å². The van der Waals surface area contributed by atoms with Gasteiger partial charge in [-0.1, -0.05) is 19.4 Å². The van der Waals surface area contributed by atoms with Crippen molar-refractivity contribution in [1.29, 1.82) is 0 Å². The zero-order chi connectivity index (χ0) is 16.4. The maximum atomic E-state index is 11.9. The molecule has 0 radical (unpaired) electrons. The topological polar surface area (TPSA) is 81.4 Å². The average Bonchev–Trinajstić information content (AvgIpc) is 2.53. The molecule has 3 N–H and O–H groups in total. The Morgan fingerprint density at radius 2 is 2.09 bits per heavy atom. The van der Waals surface area contributed by atoms with E-state index in [1.165, 1.54) is 12.5 Å². The van der Waals surface area contributed by atoms with E-state index in [1.807, 2.05) is 25.1 Å². The zero-order valence-electron chi connectivity index (χ0n) is 13.4. The van der Waals surface area contributed by atoms with Crippen molar-refractivity contribution in [2.24, 2.45) is 5.73 Å². The highest BCUT2D eigenvalue weighted by Gasteiger charge is 2.42. The number of amides is 2. The summed E-state index contributed by atoms with van der Waals surface area (Å²) in [6, 6.07) is 5.85. The Bertz CT molecular complexity index is 673. The SMILES string of the molecule is CC/C(=C/C(N)=O)c1ccc2c(c1)C1(CCCCC1)OC(=O)N2. The fourth-order valence-corrected chi connectivity index (χ4v) is 3.65. The van der Waals surface area contributed by atoms with E-state index in [0.717, 1.165) is 48.1 Å². The number of anilines is 1. The maximum absolute atomic E-state index is 11.9. The minimum absolute atomic E-state index is 0.379. The molecule has 3 rings (SSSR count). The van der Waals surface area contributed by atoms with E-state index < -0.39 is 11.5 Å². The van der Waals surface area contributed by atoms with Crippen LogP contribution >= 0.6 is 0 Å². The van der Waals surface area contributed by atoms with Crippen molar-refractivity contribution < 1.29 is 14.3 Å². The summed E-state index contributed by atoms with van der Waals surface area (Å²) >= 11 is 0. The van der Waals surface area contributed by atoms with Gasteiger partial charge in [-0.2, -0.15) is 0 Å². The number of carbonyl (C=O) groups is 2. The van der Waals surface area contributed by atoms with E-state index in [9.17, 15) is 9.59 Å². The Balaban J connectivity index is 2.08. The van der Waals surface area contributed by atoms with Crippen molar-refractivity contribution in [2.75, 3.05) is 5.32 Å². The molecule has 1 aliphatic carbocycles. The highest BCUT2D eigenvalue weighted by atomic mass is 16.6. The number of nitrogens with one attached hydrogen (secondary N) is 1. The maximum Gasteiger partial charge on any atom is 0.412 e. The molecule has 0 atom stereocenters. The summed E-state index contributed by atoms with van der Waals surface area (Å²) in [5.74, 6) is -0.448. The van der Waals surface area contributed by atoms with Crippen LogP contribution in [0.25, 0.3) is 5.57 Å². The molecular formula is C18H22N2O3. The summed E-state index contributed by atoms with van der Waals surface area (Å²) in [5.41, 5.74) is 8.44. The molecule has 2 aliphatic rings. The van der Waals surface area contributed by atoms with Gasteiger partial charge in [-0.15, -0.1) is 0 Å². The van der Waals surface area contributed by atoms with Crippen molar-refractivity contribution in [2.45, 2.75) is 51.0 Å². The van der Waals surface area contributed by atoms with Crippen LogP contribution in [-0.2, 0) is 15.1 Å². The summed E-state index contributed by atoms with van der Waals surface area (Å²) in [5, 5.41) is 2.78. The molecule has 1 heterocycles. The van der Waals surface area contributed by atoms with Crippen LogP contribution in [0.15, 0.2) is 24.3 Å². The summed E-state index contributed by atoms with van der Waals surface area (Å²) in [6.07, 6.45) is 6.76. The van der Waals surface area contributed by atoms with Crippen LogP contribution in [0.3, 0.4) is 0 Å².